The van der Waals surface area contributed by atoms with Gasteiger partial charge >= 0.3 is 6.09 Å². The van der Waals surface area contributed by atoms with Crippen LogP contribution >= 0.6 is 0 Å². The van der Waals surface area contributed by atoms with E-state index >= 15 is 0 Å². The molecule has 1 unspecified atom stereocenters. The van der Waals surface area contributed by atoms with E-state index in [2.05, 4.69) is 45.3 Å². The van der Waals surface area contributed by atoms with Gasteiger partial charge in [0.1, 0.15) is 5.60 Å². The highest BCUT2D eigenvalue weighted by Gasteiger charge is 2.27. The second kappa shape index (κ2) is 9.39. The molecule has 0 aromatic carbocycles. The molecule has 132 valence electrons. The third-order valence-corrected chi connectivity index (χ3v) is 3.85. The Hall–Kier alpha value is -0.770. The summed E-state index contributed by atoms with van der Waals surface area (Å²) in [7, 11) is 0. The van der Waals surface area contributed by atoms with Crippen molar-refractivity contribution < 1.29 is 9.53 Å². The summed E-state index contributed by atoms with van der Waals surface area (Å²) in [6.07, 6.45) is 3.04. The minimum Gasteiger partial charge on any atom is -0.444 e. The van der Waals surface area contributed by atoms with Crippen molar-refractivity contribution in [2.24, 2.45) is 11.8 Å². The molecule has 4 heteroatoms. The summed E-state index contributed by atoms with van der Waals surface area (Å²) in [5, 5.41) is 6.60. The van der Waals surface area contributed by atoms with Gasteiger partial charge in [-0.1, -0.05) is 40.5 Å². The Morgan fingerprint density at radius 1 is 1.09 bits per heavy atom. The summed E-state index contributed by atoms with van der Waals surface area (Å²) in [6, 6.07) is 0. The third-order valence-electron chi connectivity index (χ3n) is 3.85. The predicted molar refractivity (Wildman–Crippen MR) is 94.2 cm³/mol. The van der Waals surface area contributed by atoms with Gasteiger partial charge < -0.3 is 15.4 Å². The van der Waals surface area contributed by atoms with Crippen LogP contribution in [0.1, 0.15) is 74.7 Å². The smallest absolute Gasteiger partial charge is 0.407 e. The lowest BCUT2D eigenvalue weighted by atomic mass is 9.89. The summed E-state index contributed by atoms with van der Waals surface area (Å²) >= 11 is 0. The molecule has 1 amide bonds. The Morgan fingerprint density at radius 2 is 1.64 bits per heavy atom. The van der Waals surface area contributed by atoms with Crippen LogP contribution in [0.5, 0.6) is 0 Å². The second-order valence-corrected chi connectivity index (χ2v) is 8.08. The van der Waals surface area contributed by atoms with E-state index in [0.29, 0.717) is 18.4 Å². The molecular formula is C18H38N2O2. The van der Waals surface area contributed by atoms with Crippen LogP contribution in [-0.4, -0.2) is 30.3 Å². The van der Waals surface area contributed by atoms with Crippen molar-refractivity contribution in [3.63, 3.8) is 0 Å². The van der Waals surface area contributed by atoms with Crippen LogP contribution < -0.4 is 10.6 Å². The van der Waals surface area contributed by atoms with Crippen LogP contribution in [0.3, 0.4) is 0 Å². The van der Waals surface area contributed by atoms with Crippen LogP contribution in [0.15, 0.2) is 0 Å². The Morgan fingerprint density at radius 3 is 2.05 bits per heavy atom. The molecule has 0 radical (unpaired) electrons. The van der Waals surface area contributed by atoms with Gasteiger partial charge in [0.15, 0.2) is 0 Å². The minimum atomic E-state index is -0.457. The molecule has 0 aromatic heterocycles. The van der Waals surface area contributed by atoms with Gasteiger partial charge in [-0.25, -0.2) is 4.79 Å². The second-order valence-electron chi connectivity index (χ2n) is 8.08. The summed E-state index contributed by atoms with van der Waals surface area (Å²) in [5.41, 5.74) is -0.560. The van der Waals surface area contributed by atoms with E-state index in [4.69, 9.17) is 4.74 Å². The standard InChI is InChI=1S/C18H38N2O2/c1-9-15(10-2)12-20-18(8,11-14(3)4)13-19-16(21)22-17(5,6)7/h14-15,20H,9-13H2,1-8H3,(H,19,21). The van der Waals surface area contributed by atoms with Crippen molar-refractivity contribution >= 4 is 6.09 Å². The van der Waals surface area contributed by atoms with Gasteiger partial charge in [0.25, 0.3) is 0 Å². The van der Waals surface area contributed by atoms with Crippen LogP contribution in [0.25, 0.3) is 0 Å². The van der Waals surface area contributed by atoms with Crippen molar-refractivity contribution in [3.8, 4) is 0 Å². The van der Waals surface area contributed by atoms with E-state index in [0.717, 1.165) is 13.0 Å². The van der Waals surface area contributed by atoms with E-state index in [1.807, 2.05) is 20.8 Å². The topological polar surface area (TPSA) is 50.4 Å². The number of alkyl carbamates (subject to hydrolysis) is 1. The molecule has 0 saturated heterocycles. The number of carbonyl (C=O) groups excluding carboxylic acids is 1. The first-order valence-electron chi connectivity index (χ1n) is 8.73. The van der Waals surface area contributed by atoms with E-state index in [1.165, 1.54) is 12.8 Å². The molecule has 0 spiro atoms. The number of ether oxygens (including phenoxy) is 1. The van der Waals surface area contributed by atoms with Gasteiger partial charge in [-0.2, -0.15) is 0 Å². The molecule has 0 fully saturated rings. The maximum atomic E-state index is 11.9. The first-order valence-corrected chi connectivity index (χ1v) is 8.73. The lowest BCUT2D eigenvalue weighted by Gasteiger charge is -2.34. The first kappa shape index (κ1) is 21.2. The zero-order valence-corrected chi connectivity index (χ0v) is 16.0. The highest BCUT2D eigenvalue weighted by molar-refractivity contribution is 5.67. The Bertz CT molecular complexity index is 320. The van der Waals surface area contributed by atoms with Crippen LogP contribution in [0, 0.1) is 11.8 Å². The van der Waals surface area contributed by atoms with Crippen molar-refractivity contribution in [2.75, 3.05) is 13.1 Å². The van der Waals surface area contributed by atoms with E-state index in [1.54, 1.807) is 0 Å². The molecule has 0 rings (SSSR count). The number of nitrogens with one attached hydrogen (secondary N) is 2. The maximum absolute atomic E-state index is 11.9. The normalized spacial score (nSPS) is 15.0. The average molecular weight is 315 g/mol. The summed E-state index contributed by atoms with van der Waals surface area (Å²) < 4.78 is 5.33. The van der Waals surface area contributed by atoms with Gasteiger partial charge in [-0.15, -0.1) is 0 Å². The number of carbonyl (C=O) groups is 1. The zero-order chi connectivity index (χ0) is 17.4. The number of hydrogen-bond donors (Lipinski definition) is 2. The molecular weight excluding hydrogens is 276 g/mol. The predicted octanol–water partition coefficient (Wildman–Crippen LogP) is 4.34. The lowest BCUT2D eigenvalue weighted by Crippen LogP contribution is -2.53. The van der Waals surface area contributed by atoms with Gasteiger partial charge in [-0.3, -0.25) is 0 Å². The van der Waals surface area contributed by atoms with Crippen molar-refractivity contribution in [3.05, 3.63) is 0 Å². The molecule has 0 aromatic rings. The number of hydrogen-bond acceptors (Lipinski definition) is 3. The van der Waals surface area contributed by atoms with E-state index in [-0.39, 0.29) is 11.6 Å². The van der Waals surface area contributed by atoms with Crippen molar-refractivity contribution in [2.45, 2.75) is 85.8 Å². The van der Waals surface area contributed by atoms with Gasteiger partial charge in [0.2, 0.25) is 0 Å². The molecule has 0 saturated carbocycles. The van der Waals surface area contributed by atoms with Gasteiger partial charge in [-0.05, 0) is 52.5 Å². The van der Waals surface area contributed by atoms with Crippen molar-refractivity contribution in [1.82, 2.24) is 10.6 Å². The summed E-state index contributed by atoms with van der Waals surface area (Å²) in [6.45, 7) is 18.3. The van der Waals surface area contributed by atoms with Crippen LogP contribution in [0.4, 0.5) is 4.79 Å². The highest BCUT2D eigenvalue weighted by atomic mass is 16.6. The fourth-order valence-electron chi connectivity index (χ4n) is 2.66. The summed E-state index contributed by atoms with van der Waals surface area (Å²) in [5.74, 6) is 1.26. The highest BCUT2D eigenvalue weighted by Crippen LogP contribution is 2.18. The molecule has 22 heavy (non-hydrogen) atoms. The summed E-state index contributed by atoms with van der Waals surface area (Å²) in [4.78, 5) is 11.9. The fourth-order valence-corrected chi connectivity index (χ4v) is 2.66. The van der Waals surface area contributed by atoms with Crippen molar-refractivity contribution in [1.29, 1.82) is 0 Å². The zero-order valence-electron chi connectivity index (χ0n) is 16.0. The van der Waals surface area contributed by atoms with E-state index in [9.17, 15) is 4.79 Å². The Labute approximate surface area is 137 Å². The molecule has 2 N–H and O–H groups in total. The molecule has 0 aliphatic rings. The fraction of sp³-hybridized carbons (Fsp3) is 0.944. The minimum absolute atomic E-state index is 0.104. The monoisotopic (exact) mass is 314 g/mol. The molecule has 0 heterocycles. The quantitative estimate of drug-likeness (QED) is 0.665. The first-order chi connectivity index (χ1) is 10.0. The Balaban J connectivity index is 4.57. The number of rotatable bonds is 9. The maximum Gasteiger partial charge on any atom is 0.407 e. The molecule has 0 aliphatic carbocycles. The van der Waals surface area contributed by atoms with Crippen LogP contribution in [0.2, 0.25) is 0 Å². The van der Waals surface area contributed by atoms with Gasteiger partial charge in [0.05, 0.1) is 0 Å². The molecule has 4 nitrogen and oxygen atoms in total. The molecule has 0 bridgehead atoms. The largest absolute Gasteiger partial charge is 0.444 e. The Kier molecular flexibility index (Phi) is 9.06. The third kappa shape index (κ3) is 10.0. The number of amides is 1. The van der Waals surface area contributed by atoms with Gasteiger partial charge in [0, 0.05) is 12.1 Å². The molecule has 0 aliphatic heterocycles. The lowest BCUT2D eigenvalue weighted by molar-refractivity contribution is 0.0507. The van der Waals surface area contributed by atoms with E-state index < -0.39 is 5.60 Å². The average Bonchev–Trinajstić information content (AvgIpc) is 2.35. The van der Waals surface area contributed by atoms with Crippen LogP contribution in [-0.2, 0) is 4.74 Å². The SMILES string of the molecule is CCC(CC)CNC(C)(CNC(=O)OC(C)(C)C)CC(C)C. The molecule has 1 atom stereocenters.